The number of anilines is 2. The summed E-state index contributed by atoms with van der Waals surface area (Å²) in [6.07, 6.45) is 2.39. The normalized spacial score (nSPS) is 13.5. The Hall–Kier alpha value is -2.61. The number of nitrogens with zero attached hydrogens (tertiary/aromatic N) is 3. The van der Waals surface area contributed by atoms with Gasteiger partial charge in [0, 0.05) is 12.7 Å². The van der Waals surface area contributed by atoms with Crippen LogP contribution in [0.2, 0.25) is 0 Å². The highest BCUT2D eigenvalue weighted by atomic mass is 32.2. The Morgan fingerprint density at radius 2 is 2.16 bits per heavy atom. The fraction of sp³-hybridized carbons (Fsp3) is 0.294. The van der Waals surface area contributed by atoms with E-state index in [-0.39, 0.29) is 29.8 Å². The minimum atomic E-state index is -0.446. The lowest BCUT2D eigenvalue weighted by Gasteiger charge is -2.24. The molecule has 1 N–H and O–H groups in total. The lowest BCUT2D eigenvalue weighted by molar-refractivity contribution is -0.117. The molecule has 2 aromatic rings. The van der Waals surface area contributed by atoms with E-state index in [4.69, 9.17) is 0 Å². The number of hydrogen-bond acceptors (Lipinski definition) is 5. The molecule has 1 aliphatic rings. The average molecular weight is 358 g/mol. The molecule has 7 nitrogen and oxygen atoms in total. The second-order valence-electron chi connectivity index (χ2n) is 5.66. The summed E-state index contributed by atoms with van der Waals surface area (Å²) in [4.78, 5) is 38.6. The van der Waals surface area contributed by atoms with Gasteiger partial charge in [-0.25, -0.2) is 4.68 Å². The van der Waals surface area contributed by atoms with Crippen molar-refractivity contribution >= 4 is 35.0 Å². The lowest BCUT2D eigenvalue weighted by Crippen LogP contribution is -2.40. The number of amides is 2. The molecule has 0 atom stereocenters. The van der Waals surface area contributed by atoms with Gasteiger partial charge in [0.25, 0.3) is 5.56 Å². The predicted octanol–water partition coefficient (Wildman–Crippen LogP) is 1.51. The van der Waals surface area contributed by atoms with Gasteiger partial charge in [0.1, 0.15) is 12.2 Å². The van der Waals surface area contributed by atoms with Crippen LogP contribution < -0.4 is 15.8 Å². The Morgan fingerprint density at radius 3 is 2.92 bits per heavy atom. The predicted molar refractivity (Wildman–Crippen MR) is 97.1 cm³/mol. The minimum Gasteiger partial charge on any atom is -0.324 e. The van der Waals surface area contributed by atoms with Gasteiger partial charge < -0.3 is 10.2 Å². The zero-order valence-corrected chi connectivity index (χ0v) is 14.8. The molecule has 1 aromatic carbocycles. The summed E-state index contributed by atoms with van der Waals surface area (Å²) in [5.74, 6) is -0.212. The van der Waals surface area contributed by atoms with Crippen LogP contribution in [0.4, 0.5) is 11.4 Å². The minimum absolute atomic E-state index is 0.145. The van der Waals surface area contributed by atoms with Crippen LogP contribution in [0.5, 0.6) is 0 Å². The molecule has 2 amide bonds. The molecule has 1 aromatic heterocycles. The van der Waals surface area contributed by atoms with E-state index in [2.05, 4.69) is 10.4 Å². The molecule has 0 radical (unpaired) electrons. The number of thioether (sulfide) groups is 1. The highest BCUT2D eigenvalue weighted by molar-refractivity contribution is 8.00. The number of fused-ring (bicyclic) bond motifs is 1. The highest BCUT2D eigenvalue weighted by Crippen LogP contribution is 2.30. The number of rotatable bonds is 4. The molecular formula is C17H18N4O3S. The molecule has 1 aliphatic heterocycles. The Labute approximate surface area is 149 Å². The van der Waals surface area contributed by atoms with Crippen molar-refractivity contribution in [1.82, 2.24) is 9.78 Å². The van der Waals surface area contributed by atoms with Crippen molar-refractivity contribution in [3.63, 3.8) is 0 Å². The van der Waals surface area contributed by atoms with Gasteiger partial charge >= 0.3 is 0 Å². The van der Waals surface area contributed by atoms with Gasteiger partial charge in [0.15, 0.2) is 0 Å². The molecule has 25 heavy (non-hydrogen) atoms. The first-order chi connectivity index (χ1) is 12.0. The van der Waals surface area contributed by atoms with Crippen molar-refractivity contribution in [3.05, 3.63) is 46.4 Å². The monoisotopic (exact) mass is 358 g/mol. The fourth-order valence-corrected chi connectivity index (χ4v) is 3.51. The number of aryl methyl sites for hydroxylation is 1. The third-order valence-corrected chi connectivity index (χ3v) is 4.96. The molecular weight excluding hydrogens is 340 g/mol. The molecule has 2 heterocycles. The molecule has 0 spiro atoms. The third-order valence-electron chi connectivity index (χ3n) is 3.96. The zero-order valence-electron chi connectivity index (χ0n) is 14.0. The summed E-state index contributed by atoms with van der Waals surface area (Å²) in [5, 5.41) is 6.82. The topological polar surface area (TPSA) is 84.3 Å². The van der Waals surface area contributed by atoms with Crippen LogP contribution in [0.3, 0.4) is 0 Å². The van der Waals surface area contributed by atoms with Crippen LogP contribution in [0.15, 0.2) is 40.2 Å². The van der Waals surface area contributed by atoms with E-state index in [9.17, 15) is 14.4 Å². The summed E-state index contributed by atoms with van der Waals surface area (Å²) in [5.41, 5.74) is 1.62. The van der Waals surface area contributed by atoms with Crippen molar-refractivity contribution < 1.29 is 9.59 Å². The number of benzene rings is 1. The van der Waals surface area contributed by atoms with E-state index >= 15 is 0 Å². The number of carbonyl (C=O) groups is 2. The van der Waals surface area contributed by atoms with E-state index in [1.54, 1.807) is 13.1 Å². The van der Waals surface area contributed by atoms with Gasteiger partial charge in [-0.3, -0.25) is 14.4 Å². The summed E-state index contributed by atoms with van der Waals surface area (Å²) in [6, 6.07) is 7.54. The van der Waals surface area contributed by atoms with Crippen molar-refractivity contribution in [1.29, 1.82) is 0 Å². The van der Waals surface area contributed by atoms with Gasteiger partial charge in [0.05, 0.1) is 16.8 Å². The van der Waals surface area contributed by atoms with Crippen molar-refractivity contribution in [2.75, 3.05) is 23.0 Å². The first-order valence-corrected chi connectivity index (χ1v) is 8.86. The van der Waals surface area contributed by atoms with Crippen molar-refractivity contribution in [3.8, 4) is 0 Å². The quantitative estimate of drug-likeness (QED) is 0.896. The van der Waals surface area contributed by atoms with Gasteiger partial charge in [-0.2, -0.15) is 5.10 Å². The van der Waals surface area contributed by atoms with Crippen LogP contribution in [0.25, 0.3) is 0 Å². The van der Waals surface area contributed by atoms with Crippen LogP contribution >= 0.6 is 11.8 Å². The van der Waals surface area contributed by atoms with E-state index in [1.807, 2.05) is 25.1 Å². The first kappa shape index (κ1) is 17.2. The summed E-state index contributed by atoms with van der Waals surface area (Å²) in [7, 11) is 1.56. The molecule has 8 heteroatoms. The molecule has 0 unspecified atom stereocenters. The van der Waals surface area contributed by atoms with E-state index in [0.717, 1.165) is 16.7 Å². The van der Waals surface area contributed by atoms with Crippen LogP contribution in [0.1, 0.15) is 12.5 Å². The smallest absolute Gasteiger partial charge is 0.292 e. The molecule has 0 bridgehead atoms. The maximum Gasteiger partial charge on any atom is 0.292 e. The average Bonchev–Trinajstić information content (AvgIpc) is 2.60. The molecule has 0 fully saturated rings. The Kier molecular flexibility index (Phi) is 4.89. The molecule has 130 valence electrons. The standard InChI is InChI=1S/C17H18N4O3S/c1-3-11-5-4-6-12(7-11)19-14(22)9-21-17(24)16-13(8-18-21)25-10-15(23)20(16)2/h4-8H,3,9-10H2,1-2H3,(H,19,22). The maximum absolute atomic E-state index is 12.6. The second-order valence-corrected chi connectivity index (χ2v) is 6.68. The van der Waals surface area contributed by atoms with Crippen molar-refractivity contribution in [2.24, 2.45) is 0 Å². The Morgan fingerprint density at radius 1 is 1.36 bits per heavy atom. The second kappa shape index (κ2) is 7.10. The van der Waals surface area contributed by atoms with Crippen LogP contribution in [-0.4, -0.2) is 34.4 Å². The molecule has 3 rings (SSSR count). The first-order valence-electron chi connectivity index (χ1n) is 7.88. The SMILES string of the molecule is CCc1cccc(NC(=O)Cn2ncc3c(c2=O)N(C)C(=O)CS3)c1. The Bertz CT molecular complexity index is 894. The molecule has 0 aliphatic carbocycles. The number of carbonyl (C=O) groups excluding carboxylic acids is 2. The van der Waals surface area contributed by atoms with Crippen molar-refractivity contribution in [2.45, 2.75) is 24.8 Å². The highest BCUT2D eigenvalue weighted by Gasteiger charge is 2.26. The summed E-state index contributed by atoms with van der Waals surface area (Å²) < 4.78 is 1.08. The van der Waals surface area contributed by atoms with Crippen LogP contribution in [0, 0.1) is 0 Å². The maximum atomic E-state index is 12.6. The van der Waals surface area contributed by atoms with E-state index in [0.29, 0.717) is 10.6 Å². The molecule has 0 saturated carbocycles. The van der Waals surface area contributed by atoms with Gasteiger partial charge in [-0.1, -0.05) is 19.1 Å². The van der Waals surface area contributed by atoms with Crippen LogP contribution in [-0.2, 0) is 22.6 Å². The number of hydrogen-bond donors (Lipinski definition) is 1. The van der Waals surface area contributed by atoms with E-state index < -0.39 is 5.56 Å². The zero-order chi connectivity index (χ0) is 18.0. The number of aromatic nitrogens is 2. The van der Waals surface area contributed by atoms with Gasteiger partial charge in [-0.05, 0) is 24.1 Å². The number of nitrogens with one attached hydrogen (secondary N) is 1. The largest absolute Gasteiger partial charge is 0.324 e. The third kappa shape index (κ3) is 3.58. The lowest BCUT2D eigenvalue weighted by atomic mass is 10.1. The Balaban J connectivity index is 1.80. The summed E-state index contributed by atoms with van der Waals surface area (Å²) in [6.45, 7) is 1.82. The van der Waals surface area contributed by atoms with Gasteiger partial charge in [0.2, 0.25) is 11.8 Å². The molecule has 0 saturated heterocycles. The fourth-order valence-electron chi connectivity index (χ4n) is 2.56. The van der Waals surface area contributed by atoms with E-state index in [1.165, 1.54) is 22.9 Å². The summed E-state index contributed by atoms with van der Waals surface area (Å²) >= 11 is 1.28. The van der Waals surface area contributed by atoms with Gasteiger partial charge in [-0.15, -0.1) is 11.8 Å².